The van der Waals surface area contributed by atoms with Crippen molar-refractivity contribution in [3.8, 4) is 0 Å². The topological polar surface area (TPSA) is 20.2 Å². The van der Waals surface area contributed by atoms with E-state index in [4.69, 9.17) is 0 Å². The van der Waals surface area contributed by atoms with Crippen LogP contribution in [0.2, 0.25) is 0 Å². The third-order valence-corrected chi connectivity index (χ3v) is 3.28. The Hall–Kier alpha value is -0.700. The second-order valence-corrected chi connectivity index (χ2v) is 4.71. The van der Waals surface area contributed by atoms with Crippen LogP contribution in [0.4, 0.5) is 8.78 Å². The summed E-state index contributed by atoms with van der Waals surface area (Å²) < 4.78 is 25.7. The lowest BCUT2D eigenvalue weighted by Crippen LogP contribution is -2.35. The van der Waals surface area contributed by atoms with E-state index in [-0.39, 0.29) is 12.8 Å². The highest BCUT2D eigenvalue weighted by molar-refractivity contribution is 5.12. The molecule has 0 radical (unpaired) electrons. The van der Waals surface area contributed by atoms with Gasteiger partial charge in [-0.3, -0.25) is 0 Å². The van der Waals surface area contributed by atoms with Crippen molar-refractivity contribution in [2.75, 3.05) is 0 Å². The fourth-order valence-corrected chi connectivity index (χ4v) is 2.34. The Balaban J connectivity index is 1.96. The molecule has 0 spiro atoms. The summed E-state index contributed by atoms with van der Waals surface area (Å²) in [6, 6.07) is 0. The van der Waals surface area contributed by atoms with Gasteiger partial charge in [-0.05, 0) is 37.7 Å². The quantitative estimate of drug-likeness (QED) is 0.700. The smallest absolute Gasteiger partial charge is 0.266 e. The molecule has 84 valence electrons. The summed E-state index contributed by atoms with van der Waals surface area (Å²) in [6.07, 6.45) is 8.82. The molecule has 0 aromatic carbocycles. The minimum absolute atomic E-state index is 0.174. The van der Waals surface area contributed by atoms with E-state index >= 15 is 0 Å². The molecule has 0 aliphatic heterocycles. The summed E-state index contributed by atoms with van der Waals surface area (Å²) in [5.74, 6) is -2.30. The van der Waals surface area contributed by atoms with Crippen molar-refractivity contribution < 1.29 is 13.9 Å². The molecule has 3 heteroatoms. The molecule has 0 aromatic rings. The van der Waals surface area contributed by atoms with E-state index in [9.17, 15) is 13.9 Å². The highest BCUT2D eigenvalue weighted by atomic mass is 19.3. The minimum Gasteiger partial charge on any atom is -0.386 e. The van der Waals surface area contributed by atoms with Gasteiger partial charge >= 0.3 is 0 Å². The molecule has 0 aromatic heterocycles. The lowest BCUT2D eigenvalue weighted by atomic mass is 9.81. The summed E-state index contributed by atoms with van der Waals surface area (Å²) in [4.78, 5) is 0. The van der Waals surface area contributed by atoms with Gasteiger partial charge in [0.1, 0.15) is 0 Å². The maximum atomic E-state index is 12.9. The van der Waals surface area contributed by atoms with Gasteiger partial charge in [0.2, 0.25) is 0 Å². The molecule has 1 atom stereocenters. The van der Waals surface area contributed by atoms with Crippen LogP contribution in [0.5, 0.6) is 0 Å². The molecule has 0 amide bonds. The van der Waals surface area contributed by atoms with Crippen molar-refractivity contribution >= 4 is 0 Å². The maximum Gasteiger partial charge on any atom is 0.266 e. The Labute approximate surface area is 88.5 Å². The molecule has 2 aliphatic rings. The van der Waals surface area contributed by atoms with E-state index in [2.05, 4.69) is 12.2 Å². The molecule has 2 rings (SSSR count). The van der Waals surface area contributed by atoms with Gasteiger partial charge in [0.05, 0.1) is 5.60 Å². The van der Waals surface area contributed by atoms with Crippen LogP contribution in [0.3, 0.4) is 0 Å². The zero-order chi connectivity index (χ0) is 10.9. The third-order valence-electron chi connectivity index (χ3n) is 3.28. The minimum atomic E-state index is -2.72. The number of hydrogen-bond donors (Lipinski definition) is 1. The number of halogens is 2. The van der Waals surface area contributed by atoms with E-state index in [1.54, 1.807) is 0 Å². The van der Waals surface area contributed by atoms with Crippen molar-refractivity contribution in [2.24, 2.45) is 5.92 Å². The van der Waals surface area contributed by atoms with Gasteiger partial charge in [-0.2, -0.15) is 0 Å². The molecular formula is C12H16F2O. The average Bonchev–Trinajstić information content (AvgIpc) is 2.64. The van der Waals surface area contributed by atoms with E-state index in [0.29, 0.717) is 12.3 Å². The van der Waals surface area contributed by atoms with Crippen LogP contribution >= 0.6 is 0 Å². The first-order valence-electron chi connectivity index (χ1n) is 5.45. The predicted molar refractivity (Wildman–Crippen MR) is 54.8 cm³/mol. The SMILES string of the molecule is OC1(CC2CC=CC2)C=CC(F)(F)CC1. The molecule has 1 N–H and O–H groups in total. The van der Waals surface area contributed by atoms with E-state index in [1.165, 1.54) is 6.08 Å². The molecule has 1 nitrogen and oxygen atoms in total. The van der Waals surface area contributed by atoms with Crippen LogP contribution in [0.1, 0.15) is 32.1 Å². The molecule has 0 fully saturated rings. The second-order valence-electron chi connectivity index (χ2n) is 4.71. The zero-order valence-corrected chi connectivity index (χ0v) is 8.63. The Kier molecular flexibility index (Phi) is 2.67. The molecular weight excluding hydrogens is 198 g/mol. The van der Waals surface area contributed by atoms with Crippen LogP contribution in [0.15, 0.2) is 24.3 Å². The van der Waals surface area contributed by atoms with Crippen molar-refractivity contribution in [2.45, 2.75) is 43.6 Å². The Bertz CT molecular complexity index is 288. The average molecular weight is 214 g/mol. The van der Waals surface area contributed by atoms with Crippen molar-refractivity contribution in [1.82, 2.24) is 0 Å². The van der Waals surface area contributed by atoms with Crippen molar-refractivity contribution in [3.05, 3.63) is 24.3 Å². The van der Waals surface area contributed by atoms with Crippen molar-refractivity contribution in [1.29, 1.82) is 0 Å². The van der Waals surface area contributed by atoms with Gasteiger partial charge in [0.15, 0.2) is 0 Å². The van der Waals surface area contributed by atoms with Crippen LogP contribution < -0.4 is 0 Å². The second kappa shape index (κ2) is 3.71. The van der Waals surface area contributed by atoms with Crippen LogP contribution in [-0.4, -0.2) is 16.6 Å². The molecule has 0 heterocycles. The third kappa shape index (κ3) is 2.65. The standard InChI is InChI=1S/C12H16F2O/c13-12(14)7-5-11(15,6-8-12)9-10-3-1-2-4-10/h1-2,5,7,10,15H,3-4,6,8-9H2. The van der Waals surface area contributed by atoms with Gasteiger partial charge < -0.3 is 5.11 Å². The summed E-state index contributed by atoms with van der Waals surface area (Å²) in [6.45, 7) is 0. The van der Waals surface area contributed by atoms with Gasteiger partial charge in [-0.25, -0.2) is 8.78 Å². The number of hydrogen-bond acceptors (Lipinski definition) is 1. The lowest BCUT2D eigenvalue weighted by molar-refractivity contribution is -0.0206. The Morgan fingerprint density at radius 1 is 1.13 bits per heavy atom. The summed E-state index contributed by atoms with van der Waals surface area (Å²) in [7, 11) is 0. The Morgan fingerprint density at radius 2 is 1.80 bits per heavy atom. The van der Waals surface area contributed by atoms with E-state index in [0.717, 1.165) is 18.9 Å². The zero-order valence-electron chi connectivity index (χ0n) is 8.63. The summed E-state index contributed by atoms with van der Waals surface area (Å²) in [5, 5.41) is 10.1. The summed E-state index contributed by atoms with van der Waals surface area (Å²) in [5.41, 5.74) is -1.00. The number of aliphatic hydroxyl groups is 1. The first kappa shape index (κ1) is 10.8. The molecule has 2 aliphatic carbocycles. The highest BCUT2D eigenvalue weighted by Crippen LogP contribution is 2.38. The Morgan fingerprint density at radius 3 is 2.33 bits per heavy atom. The fraction of sp³-hybridized carbons (Fsp3) is 0.667. The van der Waals surface area contributed by atoms with Gasteiger partial charge in [0.25, 0.3) is 5.92 Å². The molecule has 15 heavy (non-hydrogen) atoms. The van der Waals surface area contributed by atoms with Gasteiger partial charge in [-0.1, -0.05) is 18.2 Å². The van der Waals surface area contributed by atoms with Crippen LogP contribution in [-0.2, 0) is 0 Å². The molecule has 0 saturated heterocycles. The molecule has 0 saturated carbocycles. The molecule has 1 unspecified atom stereocenters. The van der Waals surface area contributed by atoms with Crippen molar-refractivity contribution in [3.63, 3.8) is 0 Å². The largest absolute Gasteiger partial charge is 0.386 e. The van der Waals surface area contributed by atoms with E-state index < -0.39 is 11.5 Å². The monoisotopic (exact) mass is 214 g/mol. The lowest BCUT2D eigenvalue weighted by Gasteiger charge is -2.32. The maximum absolute atomic E-state index is 12.9. The van der Waals surface area contributed by atoms with Gasteiger partial charge in [0, 0.05) is 6.42 Å². The number of alkyl halides is 2. The van der Waals surface area contributed by atoms with Crippen LogP contribution in [0.25, 0.3) is 0 Å². The first-order chi connectivity index (χ1) is 6.99. The number of allylic oxidation sites excluding steroid dienone is 3. The fourth-order valence-electron chi connectivity index (χ4n) is 2.34. The normalized spacial score (nSPS) is 34.9. The summed E-state index contributed by atoms with van der Waals surface area (Å²) >= 11 is 0. The predicted octanol–water partition coefficient (Wildman–Crippen LogP) is 3.06. The first-order valence-corrected chi connectivity index (χ1v) is 5.45. The molecule has 0 bridgehead atoms. The van der Waals surface area contributed by atoms with Crippen LogP contribution in [0, 0.1) is 5.92 Å². The van der Waals surface area contributed by atoms with Gasteiger partial charge in [-0.15, -0.1) is 0 Å². The number of rotatable bonds is 2. The van der Waals surface area contributed by atoms with E-state index in [1.807, 2.05) is 0 Å². The highest BCUT2D eigenvalue weighted by Gasteiger charge is 2.38.